The highest BCUT2D eigenvalue weighted by Gasteiger charge is 2.18. The van der Waals surface area contributed by atoms with Gasteiger partial charge in [0.2, 0.25) is 5.91 Å². The lowest BCUT2D eigenvalue weighted by Gasteiger charge is -2.31. The first-order valence-corrected chi connectivity index (χ1v) is 9.87. The number of nitrogens with zero attached hydrogens (tertiary/aromatic N) is 2. The Hall–Kier alpha value is -2.77. The van der Waals surface area contributed by atoms with Crippen LogP contribution in [0.15, 0.2) is 42.5 Å². The number of hydrogen-bond acceptors (Lipinski definition) is 4. The van der Waals surface area contributed by atoms with Crippen LogP contribution < -0.4 is 5.32 Å². The van der Waals surface area contributed by atoms with Crippen molar-refractivity contribution in [3.8, 4) is 0 Å². The monoisotopic (exact) mass is 396 g/mol. The lowest BCUT2D eigenvalue weighted by molar-refractivity contribution is -0.126. The van der Waals surface area contributed by atoms with Crippen molar-refractivity contribution in [2.75, 3.05) is 19.7 Å². The predicted molar refractivity (Wildman–Crippen MR) is 109 cm³/mol. The Morgan fingerprint density at radius 3 is 3.00 bits per heavy atom. The van der Waals surface area contributed by atoms with E-state index in [1.165, 1.54) is 23.3 Å². The number of hydrogen-bond donors (Lipinski definition) is 2. The van der Waals surface area contributed by atoms with Crippen molar-refractivity contribution in [1.82, 2.24) is 20.2 Å². The molecule has 1 aromatic heterocycles. The number of fused-ring (bicyclic) bond motifs is 2. The number of ether oxygens (including phenoxy) is 1. The fourth-order valence-corrected chi connectivity index (χ4v) is 3.80. The summed E-state index contributed by atoms with van der Waals surface area (Å²) < 4.78 is 18.7. The van der Waals surface area contributed by atoms with Crippen molar-refractivity contribution in [1.29, 1.82) is 0 Å². The summed E-state index contributed by atoms with van der Waals surface area (Å²) in [6.07, 6.45) is 1.04. The second kappa shape index (κ2) is 8.71. The van der Waals surface area contributed by atoms with Crippen molar-refractivity contribution in [2.45, 2.75) is 32.5 Å². The Bertz CT molecular complexity index is 1000. The van der Waals surface area contributed by atoms with Crippen molar-refractivity contribution in [2.24, 2.45) is 0 Å². The molecule has 2 N–H and O–H groups in total. The highest BCUT2D eigenvalue weighted by molar-refractivity contribution is 5.77. The molecule has 4 rings (SSSR count). The molecule has 29 heavy (non-hydrogen) atoms. The molecule has 1 aliphatic heterocycles. The zero-order valence-electron chi connectivity index (χ0n) is 16.5. The maximum Gasteiger partial charge on any atom is 0.246 e. The van der Waals surface area contributed by atoms with Crippen LogP contribution in [-0.4, -0.2) is 46.5 Å². The van der Waals surface area contributed by atoms with E-state index in [1.807, 2.05) is 6.92 Å². The number of H-pyrrole nitrogens is 1. The molecule has 0 saturated carbocycles. The quantitative estimate of drug-likeness (QED) is 0.644. The molecule has 1 unspecified atom stereocenters. The molecule has 2 heterocycles. The van der Waals surface area contributed by atoms with Gasteiger partial charge in [0.05, 0.1) is 11.0 Å². The molecule has 0 spiro atoms. The lowest BCUT2D eigenvalue weighted by Crippen LogP contribution is -2.44. The number of aromatic amines is 1. The van der Waals surface area contributed by atoms with E-state index >= 15 is 0 Å². The molecule has 152 valence electrons. The number of halogens is 1. The molecule has 0 bridgehead atoms. The topological polar surface area (TPSA) is 70.2 Å². The molecule has 1 atom stereocenters. The van der Waals surface area contributed by atoms with Crippen LogP contribution >= 0.6 is 0 Å². The average Bonchev–Trinajstić information content (AvgIpc) is 3.09. The average molecular weight is 396 g/mol. The first kappa shape index (κ1) is 19.5. The van der Waals surface area contributed by atoms with Gasteiger partial charge in [-0.1, -0.05) is 24.3 Å². The van der Waals surface area contributed by atoms with Crippen LogP contribution in [0.25, 0.3) is 11.0 Å². The minimum Gasteiger partial charge on any atom is -0.364 e. The number of rotatable bonds is 7. The Balaban J connectivity index is 1.20. The molecule has 0 radical (unpaired) electrons. The van der Waals surface area contributed by atoms with Gasteiger partial charge in [-0.15, -0.1) is 0 Å². The van der Waals surface area contributed by atoms with Crippen molar-refractivity contribution in [3.05, 3.63) is 65.2 Å². The van der Waals surface area contributed by atoms with Crippen LogP contribution in [0.3, 0.4) is 0 Å². The zero-order valence-corrected chi connectivity index (χ0v) is 16.5. The molecule has 6 nitrogen and oxygen atoms in total. The summed E-state index contributed by atoms with van der Waals surface area (Å²) in [6, 6.07) is 12.9. The number of nitrogens with one attached hydrogen (secondary N) is 2. The van der Waals surface area contributed by atoms with Crippen LogP contribution in [0.5, 0.6) is 0 Å². The molecule has 0 aliphatic carbocycles. The molecule has 1 aliphatic rings. The molecule has 7 heteroatoms. The molecule has 2 aromatic carbocycles. The zero-order chi connectivity index (χ0) is 20.2. The second-order valence-corrected chi connectivity index (χ2v) is 7.56. The van der Waals surface area contributed by atoms with Gasteiger partial charge in [0.25, 0.3) is 0 Å². The van der Waals surface area contributed by atoms with E-state index < -0.39 is 0 Å². The molecular weight excluding hydrogens is 371 g/mol. The first-order valence-electron chi connectivity index (χ1n) is 9.87. The van der Waals surface area contributed by atoms with Gasteiger partial charge < -0.3 is 15.0 Å². The summed E-state index contributed by atoms with van der Waals surface area (Å²) in [7, 11) is 0. The number of carbonyl (C=O) groups excluding carboxylic acids is 1. The predicted octanol–water partition coefficient (Wildman–Crippen LogP) is 2.78. The third-order valence-corrected chi connectivity index (χ3v) is 5.11. The number of carbonyl (C=O) groups is 1. The summed E-state index contributed by atoms with van der Waals surface area (Å²) in [5.41, 5.74) is 4.07. The van der Waals surface area contributed by atoms with Gasteiger partial charge in [0.15, 0.2) is 0 Å². The van der Waals surface area contributed by atoms with E-state index in [0.717, 1.165) is 26.1 Å². The highest BCUT2D eigenvalue weighted by Crippen LogP contribution is 2.18. The van der Waals surface area contributed by atoms with Gasteiger partial charge in [0, 0.05) is 25.7 Å². The summed E-state index contributed by atoms with van der Waals surface area (Å²) in [5, 5.41) is 2.99. The highest BCUT2D eigenvalue weighted by atomic mass is 19.1. The second-order valence-electron chi connectivity index (χ2n) is 7.56. The molecule has 0 fully saturated rings. The first-order chi connectivity index (χ1) is 14.1. The third kappa shape index (κ3) is 4.99. The van der Waals surface area contributed by atoms with Crippen molar-refractivity contribution in [3.63, 3.8) is 0 Å². The smallest absolute Gasteiger partial charge is 0.246 e. The molecular formula is C22H25FN4O2. The van der Waals surface area contributed by atoms with E-state index in [1.54, 1.807) is 6.07 Å². The summed E-state index contributed by atoms with van der Waals surface area (Å²) in [6.45, 7) is 4.85. The Morgan fingerprint density at radius 2 is 2.14 bits per heavy atom. The van der Waals surface area contributed by atoms with E-state index in [9.17, 15) is 9.18 Å². The Labute approximate surface area is 169 Å². The Kier molecular flexibility index (Phi) is 5.87. The summed E-state index contributed by atoms with van der Waals surface area (Å²) >= 11 is 0. The number of imidazole rings is 1. The van der Waals surface area contributed by atoms with Crippen LogP contribution in [0, 0.1) is 5.82 Å². The van der Waals surface area contributed by atoms with Gasteiger partial charge >= 0.3 is 0 Å². The molecule has 1 amide bonds. The van der Waals surface area contributed by atoms with Crippen LogP contribution in [-0.2, 0) is 29.1 Å². The number of aromatic nitrogens is 2. The van der Waals surface area contributed by atoms with Gasteiger partial charge in [-0.05, 0) is 42.7 Å². The van der Waals surface area contributed by atoms with E-state index in [4.69, 9.17) is 4.74 Å². The van der Waals surface area contributed by atoms with Gasteiger partial charge in [0.1, 0.15) is 24.9 Å². The van der Waals surface area contributed by atoms with Crippen LogP contribution in [0.2, 0.25) is 0 Å². The molecule has 3 aromatic rings. The SMILES string of the molecule is CC(CN1CCc2ccccc2C1)NC(=O)COCc1nc2ccc(F)cc2[nH]1. The number of benzene rings is 2. The van der Waals surface area contributed by atoms with Gasteiger partial charge in [-0.3, -0.25) is 9.69 Å². The standard InChI is InChI=1S/C22H25FN4O2/c1-15(11-27-9-8-16-4-2-3-5-17(16)12-27)24-22(28)14-29-13-21-25-19-7-6-18(23)10-20(19)26-21/h2-7,10,15H,8-9,11-14H2,1H3,(H,24,28)(H,25,26). The Morgan fingerprint density at radius 1 is 1.31 bits per heavy atom. The minimum atomic E-state index is -0.320. The maximum absolute atomic E-state index is 13.2. The van der Waals surface area contributed by atoms with Gasteiger partial charge in [-0.2, -0.15) is 0 Å². The summed E-state index contributed by atoms with van der Waals surface area (Å²) in [5.74, 6) is 0.0923. The van der Waals surface area contributed by atoms with E-state index in [-0.39, 0.29) is 31.0 Å². The fraction of sp³-hybridized carbons (Fsp3) is 0.364. The van der Waals surface area contributed by atoms with Crippen molar-refractivity contribution < 1.29 is 13.9 Å². The third-order valence-electron chi connectivity index (χ3n) is 5.11. The van der Waals surface area contributed by atoms with E-state index in [0.29, 0.717) is 16.9 Å². The van der Waals surface area contributed by atoms with E-state index in [2.05, 4.69) is 44.5 Å². The minimum absolute atomic E-state index is 0.0329. The van der Waals surface area contributed by atoms with Crippen LogP contribution in [0.4, 0.5) is 4.39 Å². The normalized spacial score (nSPS) is 15.2. The lowest BCUT2D eigenvalue weighted by atomic mass is 10.00. The van der Waals surface area contributed by atoms with Gasteiger partial charge in [-0.25, -0.2) is 9.37 Å². The van der Waals surface area contributed by atoms with Crippen molar-refractivity contribution >= 4 is 16.9 Å². The largest absolute Gasteiger partial charge is 0.364 e. The fourth-order valence-electron chi connectivity index (χ4n) is 3.80. The number of amides is 1. The molecule has 0 saturated heterocycles. The maximum atomic E-state index is 13.2. The van der Waals surface area contributed by atoms with Crippen LogP contribution in [0.1, 0.15) is 23.9 Å². The summed E-state index contributed by atoms with van der Waals surface area (Å²) in [4.78, 5) is 21.8.